The maximum absolute atomic E-state index is 12.6. The van der Waals surface area contributed by atoms with Crippen molar-refractivity contribution < 1.29 is 18.7 Å². The SMILES string of the molecule is CC(F)(F)CCc1ccc(CC(=O)O)cc1. The monoisotopic (exact) mass is 228 g/mol. The summed E-state index contributed by atoms with van der Waals surface area (Å²) in [6.07, 6.45) is 0.0757. The van der Waals surface area contributed by atoms with Crippen molar-refractivity contribution in [1.82, 2.24) is 0 Å². The Labute approximate surface area is 92.9 Å². The Balaban J connectivity index is 2.55. The topological polar surface area (TPSA) is 37.3 Å². The van der Waals surface area contributed by atoms with Crippen LogP contribution in [0.3, 0.4) is 0 Å². The molecule has 0 saturated heterocycles. The Morgan fingerprint density at radius 2 is 1.75 bits per heavy atom. The number of hydrogen-bond acceptors (Lipinski definition) is 1. The van der Waals surface area contributed by atoms with E-state index in [4.69, 9.17) is 5.11 Å². The van der Waals surface area contributed by atoms with Crippen LogP contribution < -0.4 is 0 Å². The third kappa shape index (κ3) is 4.87. The van der Waals surface area contributed by atoms with Crippen molar-refractivity contribution >= 4 is 5.97 Å². The molecule has 1 rings (SSSR count). The molecule has 0 radical (unpaired) electrons. The van der Waals surface area contributed by atoms with Gasteiger partial charge in [0.05, 0.1) is 6.42 Å². The van der Waals surface area contributed by atoms with Crippen molar-refractivity contribution in [2.45, 2.75) is 32.1 Å². The second-order valence-electron chi connectivity index (χ2n) is 3.96. The molecule has 1 N–H and O–H groups in total. The van der Waals surface area contributed by atoms with Crippen LogP contribution in [0.5, 0.6) is 0 Å². The van der Waals surface area contributed by atoms with Gasteiger partial charge in [0.25, 0.3) is 0 Å². The molecule has 88 valence electrons. The largest absolute Gasteiger partial charge is 0.481 e. The second kappa shape index (κ2) is 5.05. The Hall–Kier alpha value is -1.45. The van der Waals surface area contributed by atoms with Crippen LogP contribution >= 0.6 is 0 Å². The zero-order valence-corrected chi connectivity index (χ0v) is 9.04. The molecule has 0 atom stereocenters. The van der Waals surface area contributed by atoms with Gasteiger partial charge in [0.1, 0.15) is 0 Å². The van der Waals surface area contributed by atoms with E-state index in [1.54, 1.807) is 24.3 Å². The van der Waals surface area contributed by atoms with Crippen molar-refractivity contribution in [2.75, 3.05) is 0 Å². The molecule has 0 aliphatic carbocycles. The lowest BCUT2D eigenvalue weighted by molar-refractivity contribution is -0.136. The molecule has 16 heavy (non-hydrogen) atoms. The van der Waals surface area contributed by atoms with Crippen molar-refractivity contribution in [1.29, 1.82) is 0 Å². The van der Waals surface area contributed by atoms with Gasteiger partial charge in [0.15, 0.2) is 0 Å². The summed E-state index contributed by atoms with van der Waals surface area (Å²) >= 11 is 0. The van der Waals surface area contributed by atoms with Gasteiger partial charge in [-0.15, -0.1) is 0 Å². The average Bonchev–Trinajstić information content (AvgIpc) is 2.14. The third-order valence-electron chi connectivity index (χ3n) is 2.23. The molecule has 0 fully saturated rings. The fraction of sp³-hybridized carbons (Fsp3) is 0.417. The summed E-state index contributed by atoms with van der Waals surface area (Å²) in [5.74, 6) is -3.55. The summed E-state index contributed by atoms with van der Waals surface area (Å²) in [5.41, 5.74) is 1.48. The van der Waals surface area contributed by atoms with Crippen molar-refractivity contribution in [2.24, 2.45) is 0 Å². The molecule has 0 aliphatic heterocycles. The quantitative estimate of drug-likeness (QED) is 0.841. The number of aryl methyl sites for hydroxylation is 1. The predicted octanol–water partition coefficient (Wildman–Crippen LogP) is 2.90. The number of aliphatic carboxylic acids is 1. The van der Waals surface area contributed by atoms with Crippen LogP contribution in [0, 0.1) is 0 Å². The van der Waals surface area contributed by atoms with Gasteiger partial charge in [-0.2, -0.15) is 0 Å². The first-order valence-electron chi connectivity index (χ1n) is 5.04. The molecule has 0 unspecified atom stereocenters. The maximum atomic E-state index is 12.6. The molecule has 0 amide bonds. The highest BCUT2D eigenvalue weighted by molar-refractivity contribution is 5.70. The van der Waals surface area contributed by atoms with E-state index in [0.29, 0.717) is 12.0 Å². The van der Waals surface area contributed by atoms with E-state index >= 15 is 0 Å². The second-order valence-corrected chi connectivity index (χ2v) is 3.96. The summed E-state index contributed by atoms with van der Waals surface area (Å²) in [7, 11) is 0. The molecule has 2 nitrogen and oxygen atoms in total. The standard InChI is InChI=1S/C12H14F2O2/c1-12(13,14)7-6-9-2-4-10(5-3-9)8-11(15)16/h2-5H,6-8H2,1H3,(H,15,16). The first-order valence-corrected chi connectivity index (χ1v) is 5.04. The molecule has 4 heteroatoms. The van der Waals surface area contributed by atoms with E-state index in [1.807, 2.05) is 0 Å². The molecule has 1 aromatic rings. The average molecular weight is 228 g/mol. The Kier molecular flexibility index (Phi) is 3.99. The number of hydrogen-bond donors (Lipinski definition) is 1. The lowest BCUT2D eigenvalue weighted by Crippen LogP contribution is -2.10. The van der Waals surface area contributed by atoms with Gasteiger partial charge >= 0.3 is 5.97 Å². The van der Waals surface area contributed by atoms with E-state index in [1.165, 1.54) is 0 Å². The molecule has 0 spiro atoms. The Bertz CT molecular complexity index is 352. The number of carboxylic acid groups (broad SMARTS) is 1. The number of benzene rings is 1. The minimum atomic E-state index is -2.65. The van der Waals surface area contributed by atoms with Crippen LogP contribution in [0.15, 0.2) is 24.3 Å². The molecular formula is C12H14F2O2. The van der Waals surface area contributed by atoms with Gasteiger partial charge in [-0.1, -0.05) is 24.3 Å². The van der Waals surface area contributed by atoms with Gasteiger partial charge < -0.3 is 5.11 Å². The minimum absolute atomic E-state index is 0.0375. The van der Waals surface area contributed by atoms with Gasteiger partial charge in [0.2, 0.25) is 5.92 Å². The molecule has 0 saturated carbocycles. The lowest BCUT2D eigenvalue weighted by Gasteiger charge is -2.09. The smallest absolute Gasteiger partial charge is 0.307 e. The van der Waals surface area contributed by atoms with Crippen molar-refractivity contribution in [3.05, 3.63) is 35.4 Å². The fourth-order valence-corrected chi connectivity index (χ4v) is 1.36. The first-order chi connectivity index (χ1) is 7.37. The van der Waals surface area contributed by atoms with Crippen LogP contribution in [0.25, 0.3) is 0 Å². The Morgan fingerprint density at radius 3 is 2.19 bits per heavy atom. The van der Waals surface area contributed by atoms with E-state index in [2.05, 4.69) is 0 Å². The fourth-order valence-electron chi connectivity index (χ4n) is 1.36. The summed E-state index contributed by atoms with van der Waals surface area (Å²) in [6, 6.07) is 6.72. The maximum Gasteiger partial charge on any atom is 0.307 e. The minimum Gasteiger partial charge on any atom is -0.481 e. The molecule has 0 aliphatic rings. The molecule has 1 aromatic carbocycles. The van der Waals surface area contributed by atoms with E-state index in [0.717, 1.165) is 12.5 Å². The summed E-state index contributed by atoms with van der Waals surface area (Å²) in [6.45, 7) is 0.895. The first kappa shape index (κ1) is 12.6. The molecule has 0 bridgehead atoms. The highest BCUT2D eigenvalue weighted by atomic mass is 19.3. The number of carbonyl (C=O) groups is 1. The van der Waals surface area contributed by atoms with Gasteiger partial charge in [0, 0.05) is 6.42 Å². The van der Waals surface area contributed by atoms with Gasteiger partial charge in [-0.3, -0.25) is 4.79 Å². The Morgan fingerprint density at radius 1 is 1.25 bits per heavy atom. The zero-order valence-electron chi connectivity index (χ0n) is 9.04. The normalized spacial score (nSPS) is 11.4. The van der Waals surface area contributed by atoms with E-state index in [-0.39, 0.29) is 12.8 Å². The number of alkyl halides is 2. The number of carboxylic acids is 1. The summed E-state index contributed by atoms with van der Waals surface area (Å²) in [4.78, 5) is 10.4. The van der Waals surface area contributed by atoms with E-state index < -0.39 is 11.9 Å². The molecule has 0 aromatic heterocycles. The van der Waals surface area contributed by atoms with Crippen LogP contribution in [0.1, 0.15) is 24.5 Å². The van der Waals surface area contributed by atoms with Gasteiger partial charge in [-0.25, -0.2) is 8.78 Å². The highest BCUT2D eigenvalue weighted by Crippen LogP contribution is 2.19. The predicted molar refractivity (Wildman–Crippen MR) is 56.7 cm³/mol. The lowest BCUT2D eigenvalue weighted by atomic mass is 10.0. The summed E-state index contributed by atoms with van der Waals surface area (Å²) in [5, 5.41) is 8.55. The van der Waals surface area contributed by atoms with Gasteiger partial charge in [-0.05, 0) is 24.5 Å². The highest BCUT2D eigenvalue weighted by Gasteiger charge is 2.20. The number of halogens is 2. The summed E-state index contributed by atoms with van der Waals surface area (Å²) < 4.78 is 25.2. The van der Waals surface area contributed by atoms with Crippen molar-refractivity contribution in [3.63, 3.8) is 0 Å². The molecular weight excluding hydrogens is 214 g/mol. The van der Waals surface area contributed by atoms with Crippen molar-refractivity contribution in [3.8, 4) is 0 Å². The van der Waals surface area contributed by atoms with Crippen LogP contribution in [0.2, 0.25) is 0 Å². The number of rotatable bonds is 5. The van der Waals surface area contributed by atoms with Crippen LogP contribution in [-0.2, 0) is 17.6 Å². The van der Waals surface area contributed by atoms with E-state index in [9.17, 15) is 13.6 Å². The van der Waals surface area contributed by atoms with Crippen LogP contribution in [0.4, 0.5) is 8.78 Å². The van der Waals surface area contributed by atoms with Crippen LogP contribution in [-0.4, -0.2) is 17.0 Å². The molecule has 0 heterocycles. The zero-order chi connectivity index (χ0) is 12.2. The third-order valence-corrected chi connectivity index (χ3v) is 2.23.